The highest BCUT2D eigenvalue weighted by atomic mass is 19.1. The summed E-state index contributed by atoms with van der Waals surface area (Å²) in [5.41, 5.74) is 4.10. The molecule has 0 saturated carbocycles. The molecule has 2 aromatic carbocycles. The van der Waals surface area contributed by atoms with E-state index in [2.05, 4.69) is 5.32 Å². The minimum Gasteiger partial charge on any atom is -0.508 e. The van der Waals surface area contributed by atoms with Crippen LogP contribution < -0.4 is 5.32 Å². The summed E-state index contributed by atoms with van der Waals surface area (Å²) in [7, 11) is 0. The molecule has 0 spiro atoms. The Labute approximate surface area is 111 Å². The van der Waals surface area contributed by atoms with Gasteiger partial charge in [0.25, 0.3) is 0 Å². The summed E-state index contributed by atoms with van der Waals surface area (Å²) in [6.45, 7) is 2.73. The first-order valence-corrected chi connectivity index (χ1v) is 6.46. The van der Waals surface area contributed by atoms with Gasteiger partial charge in [0.2, 0.25) is 0 Å². The fraction of sp³-hybridized carbons (Fsp3) is 0.250. The van der Waals surface area contributed by atoms with Crippen LogP contribution in [-0.4, -0.2) is 11.7 Å². The maximum Gasteiger partial charge on any atom is 0.123 e. The summed E-state index contributed by atoms with van der Waals surface area (Å²) in [5.74, 6) is 0.0810. The number of phenols is 1. The lowest BCUT2D eigenvalue weighted by atomic mass is 9.89. The molecule has 1 atom stereocenters. The van der Waals surface area contributed by atoms with Gasteiger partial charge < -0.3 is 10.4 Å². The van der Waals surface area contributed by atoms with Crippen molar-refractivity contribution in [2.45, 2.75) is 19.4 Å². The van der Waals surface area contributed by atoms with Gasteiger partial charge >= 0.3 is 0 Å². The fourth-order valence-electron chi connectivity index (χ4n) is 2.78. The molecule has 1 unspecified atom stereocenters. The Balaban J connectivity index is 2.08. The lowest BCUT2D eigenvalue weighted by Crippen LogP contribution is -2.30. The SMILES string of the molecule is Cc1cc(F)cc(C2NCCc3cc(O)ccc32)c1. The first kappa shape index (κ1) is 12.2. The summed E-state index contributed by atoms with van der Waals surface area (Å²) in [6.07, 6.45) is 0.883. The third-order valence-corrected chi connectivity index (χ3v) is 3.58. The molecular weight excluding hydrogens is 241 g/mol. The van der Waals surface area contributed by atoms with E-state index in [1.807, 2.05) is 19.1 Å². The van der Waals surface area contributed by atoms with Crippen LogP contribution >= 0.6 is 0 Å². The normalized spacial score (nSPS) is 18.1. The molecule has 1 aliphatic heterocycles. The molecule has 2 nitrogen and oxygen atoms in total. The van der Waals surface area contributed by atoms with Crippen LogP contribution in [0.1, 0.15) is 28.3 Å². The van der Waals surface area contributed by atoms with Crippen LogP contribution in [0, 0.1) is 12.7 Å². The van der Waals surface area contributed by atoms with Gasteiger partial charge in [-0.05, 0) is 59.9 Å². The average molecular weight is 257 g/mol. The third kappa shape index (κ3) is 2.34. The molecule has 1 aliphatic rings. The number of fused-ring (bicyclic) bond motifs is 1. The van der Waals surface area contributed by atoms with E-state index < -0.39 is 0 Å². The van der Waals surface area contributed by atoms with Gasteiger partial charge in [0, 0.05) is 6.54 Å². The average Bonchev–Trinajstić information content (AvgIpc) is 2.36. The van der Waals surface area contributed by atoms with Crippen LogP contribution in [0.25, 0.3) is 0 Å². The molecule has 0 amide bonds. The van der Waals surface area contributed by atoms with Crippen molar-refractivity contribution < 1.29 is 9.50 Å². The van der Waals surface area contributed by atoms with Gasteiger partial charge in [0.05, 0.1) is 6.04 Å². The zero-order valence-corrected chi connectivity index (χ0v) is 10.8. The van der Waals surface area contributed by atoms with Crippen molar-refractivity contribution in [1.82, 2.24) is 5.32 Å². The molecule has 0 aliphatic carbocycles. The number of aryl methyl sites for hydroxylation is 1. The van der Waals surface area contributed by atoms with Gasteiger partial charge in [-0.3, -0.25) is 0 Å². The van der Waals surface area contributed by atoms with Crippen molar-refractivity contribution in [3.8, 4) is 5.75 Å². The Morgan fingerprint density at radius 3 is 2.84 bits per heavy atom. The molecule has 98 valence electrons. The number of nitrogens with one attached hydrogen (secondary N) is 1. The van der Waals surface area contributed by atoms with Crippen LogP contribution in [0.3, 0.4) is 0 Å². The van der Waals surface area contributed by atoms with Gasteiger partial charge in [-0.1, -0.05) is 12.1 Å². The van der Waals surface area contributed by atoms with Crippen molar-refractivity contribution >= 4 is 0 Å². The molecule has 0 radical (unpaired) electrons. The largest absolute Gasteiger partial charge is 0.508 e. The molecule has 0 aromatic heterocycles. The number of halogens is 1. The van der Waals surface area contributed by atoms with Crippen LogP contribution in [0.2, 0.25) is 0 Å². The van der Waals surface area contributed by atoms with Crippen LogP contribution in [0.5, 0.6) is 5.75 Å². The van der Waals surface area contributed by atoms with Crippen LogP contribution in [-0.2, 0) is 6.42 Å². The summed E-state index contributed by atoms with van der Waals surface area (Å²) in [4.78, 5) is 0. The van der Waals surface area contributed by atoms with Crippen LogP contribution in [0.4, 0.5) is 4.39 Å². The molecule has 0 bridgehead atoms. The zero-order chi connectivity index (χ0) is 13.4. The van der Waals surface area contributed by atoms with Crippen molar-refractivity contribution in [3.63, 3.8) is 0 Å². The number of phenolic OH excluding ortho intramolecular Hbond substituents is 1. The number of benzene rings is 2. The van der Waals surface area contributed by atoms with Crippen molar-refractivity contribution in [2.24, 2.45) is 0 Å². The number of hydrogen-bond donors (Lipinski definition) is 2. The van der Waals surface area contributed by atoms with Gasteiger partial charge in [0.1, 0.15) is 11.6 Å². The second-order valence-corrected chi connectivity index (χ2v) is 5.08. The monoisotopic (exact) mass is 257 g/mol. The Kier molecular flexibility index (Phi) is 2.99. The van der Waals surface area contributed by atoms with Crippen LogP contribution in [0.15, 0.2) is 36.4 Å². The lowest BCUT2D eigenvalue weighted by Gasteiger charge is -2.27. The smallest absolute Gasteiger partial charge is 0.123 e. The lowest BCUT2D eigenvalue weighted by molar-refractivity contribution is 0.471. The first-order chi connectivity index (χ1) is 9.13. The van der Waals surface area contributed by atoms with E-state index in [-0.39, 0.29) is 17.6 Å². The third-order valence-electron chi connectivity index (χ3n) is 3.58. The van der Waals surface area contributed by atoms with E-state index in [1.54, 1.807) is 18.2 Å². The zero-order valence-electron chi connectivity index (χ0n) is 10.8. The van der Waals surface area contributed by atoms with Crippen molar-refractivity contribution in [3.05, 3.63) is 64.5 Å². The quantitative estimate of drug-likeness (QED) is 0.823. The van der Waals surface area contributed by atoms with Gasteiger partial charge in [-0.25, -0.2) is 4.39 Å². The van der Waals surface area contributed by atoms with E-state index in [9.17, 15) is 9.50 Å². The van der Waals surface area contributed by atoms with E-state index >= 15 is 0 Å². The van der Waals surface area contributed by atoms with Crippen molar-refractivity contribution in [2.75, 3.05) is 6.54 Å². The van der Waals surface area contributed by atoms with E-state index in [1.165, 1.54) is 6.07 Å². The summed E-state index contributed by atoms with van der Waals surface area (Å²) in [6, 6.07) is 10.5. The highest BCUT2D eigenvalue weighted by molar-refractivity contribution is 5.43. The summed E-state index contributed by atoms with van der Waals surface area (Å²) < 4.78 is 13.6. The van der Waals surface area contributed by atoms with Gasteiger partial charge in [0.15, 0.2) is 0 Å². The Hall–Kier alpha value is -1.87. The summed E-state index contributed by atoms with van der Waals surface area (Å²) >= 11 is 0. The molecule has 1 heterocycles. The Morgan fingerprint density at radius 1 is 1.21 bits per heavy atom. The molecule has 3 heteroatoms. The molecule has 0 saturated heterocycles. The van der Waals surface area contributed by atoms with Crippen molar-refractivity contribution in [1.29, 1.82) is 0 Å². The maximum absolute atomic E-state index is 13.6. The van der Waals surface area contributed by atoms with E-state index in [4.69, 9.17) is 0 Å². The Morgan fingerprint density at radius 2 is 2.05 bits per heavy atom. The van der Waals surface area contributed by atoms with E-state index in [0.717, 1.165) is 35.2 Å². The second-order valence-electron chi connectivity index (χ2n) is 5.08. The molecule has 2 aromatic rings. The number of hydrogen-bond acceptors (Lipinski definition) is 2. The predicted molar refractivity (Wildman–Crippen MR) is 72.8 cm³/mol. The molecular formula is C16H16FNO. The highest BCUT2D eigenvalue weighted by Crippen LogP contribution is 2.31. The molecule has 0 fully saturated rings. The van der Waals surface area contributed by atoms with E-state index in [0.29, 0.717) is 0 Å². The molecule has 2 N–H and O–H groups in total. The minimum absolute atomic E-state index is 0.00116. The fourth-order valence-corrected chi connectivity index (χ4v) is 2.78. The topological polar surface area (TPSA) is 32.3 Å². The predicted octanol–water partition coefficient (Wildman–Crippen LogP) is 3.07. The van der Waals surface area contributed by atoms with Gasteiger partial charge in [-0.2, -0.15) is 0 Å². The van der Waals surface area contributed by atoms with Gasteiger partial charge in [-0.15, -0.1) is 0 Å². The molecule has 3 rings (SSSR count). The first-order valence-electron chi connectivity index (χ1n) is 6.46. The Bertz CT molecular complexity index is 604. The maximum atomic E-state index is 13.6. The number of rotatable bonds is 1. The summed E-state index contributed by atoms with van der Waals surface area (Å²) in [5, 5.41) is 13.0. The second kappa shape index (κ2) is 4.67. The highest BCUT2D eigenvalue weighted by Gasteiger charge is 2.22. The minimum atomic E-state index is -0.206. The molecule has 19 heavy (non-hydrogen) atoms. The number of aromatic hydroxyl groups is 1. The standard InChI is InChI=1S/C16H16FNO/c1-10-6-12(8-13(17)7-10)16-15-3-2-14(19)9-11(15)4-5-18-16/h2-3,6-9,16,18-19H,4-5H2,1H3.